The quantitative estimate of drug-likeness (QED) is 0.527. The van der Waals surface area contributed by atoms with Crippen LogP contribution in [0, 0.1) is 11.6 Å². The van der Waals surface area contributed by atoms with Crippen molar-refractivity contribution in [3.8, 4) is 5.75 Å². The van der Waals surface area contributed by atoms with E-state index in [1.165, 1.54) is 39.8 Å². The molecule has 1 saturated heterocycles. The predicted molar refractivity (Wildman–Crippen MR) is 132 cm³/mol. The van der Waals surface area contributed by atoms with Gasteiger partial charge in [-0.3, -0.25) is 19.3 Å². The molecule has 2 aromatic carbocycles. The van der Waals surface area contributed by atoms with Gasteiger partial charge in [-0.05, 0) is 47.6 Å². The fraction of sp³-hybridized carbons (Fsp3) is 0.333. The van der Waals surface area contributed by atoms with Crippen LogP contribution in [-0.4, -0.2) is 46.5 Å². The highest BCUT2D eigenvalue weighted by atomic mass is 32.2. The summed E-state index contributed by atoms with van der Waals surface area (Å²) in [6, 6.07) is 7.46. The number of pyridine rings is 1. The number of thioether (sulfide) groups is 1. The van der Waals surface area contributed by atoms with E-state index in [0.29, 0.717) is 12.2 Å². The summed E-state index contributed by atoms with van der Waals surface area (Å²) in [5, 5.41) is 12.6. The summed E-state index contributed by atoms with van der Waals surface area (Å²) in [6.07, 6.45) is 3.79. The van der Waals surface area contributed by atoms with Crippen molar-refractivity contribution in [1.29, 1.82) is 0 Å². The molecule has 0 spiro atoms. The van der Waals surface area contributed by atoms with E-state index in [-0.39, 0.29) is 30.2 Å². The number of aromatic nitrogens is 1. The first-order valence-electron chi connectivity index (χ1n) is 12.3. The van der Waals surface area contributed by atoms with Crippen LogP contribution >= 0.6 is 11.8 Å². The molecule has 3 aromatic rings. The van der Waals surface area contributed by atoms with Gasteiger partial charge in [0.05, 0.1) is 19.3 Å². The third kappa shape index (κ3) is 3.21. The number of amides is 1. The number of carbonyl (C=O) groups is 1. The summed E-state index contributed by atoms with van der Waals surface area (Å²) < 4.78 is 37.1. The van der Waals surface area contributed by atoms with Crippen molar-refractivity contribution in [3.63, 3.8) is 0 Å². The van der Waals surface area contributed by atoms with Gasteiger partial charge in [-0.1, -0.05) is 18.2 Å². The third-order valence-electron chi connectivity index (χ3n) is 7.88. The molecule has 1 aromatic heterocycles. The van der Waals surface area contributed by atoms with Gasteiger partial charge in [-0.25, -0.2) is 8.78 Å². The van der Waals surface area contributed by atoms with E-state index in [0.717, 1.165) is 35.8 Å². The molecule has 190 valence electrons. The highest BCUT2D eigenvalue weighted by Crippen LogP contribution is 2.48. The lowest BCUT2D eigenvalue weighted by atomic mass is 9.91. The number of fused-ring (bicyclic) bond motifs is 6. The number of rotatable bonds is 1. The lowest BCUT2D eigenvalue weighted by Crippen LogP contribution is -2.66. The van der Waals surface area contributed by atoms with Crippen LogP contribution in [0.2, 0.25) is 0 Å². The molecule has 4 aliphatic rings. The Morgan fingerprint density at radius 1 is 1.03 bits per heavy atom. The monoisotopic (exact) mass is 523 g/mol. The average molecular weight is 524 g/mol. The van der Waals surface area contributed by atoms with Gasteiger partial charge in [-0.2, -0.15) is 0 Å². The third-order valence-corrected chi connectivity index (χ3v) is 9.09. The maximum absolute atomic E-state index is 15.3. The van der Waals surface area contributed by atoms with Crippen molar-refractivity contribution in [3.05, 3.63) is 91.9 Å². The molecule has 3 aliphatic heterocycles. The SMILES string of the molecule is O=C1c2c(O)c(=O)ccn2N([C@H]2c3ccc(F)c(F)c3CSc3c2ccc2c3CCC2)[C@@H]2COCCN12. The second kappa shape index (κ2) is 8.32. The fourth-order valence-corrected chi connectivity index (χ4v) is 7.51. The Morgan fingerprint density at radius 3 is 2.73 bits per heavy atom. The van der Waals surface area contributed by atoms with E-state index in [1.807, 2.05) is 11.1 Å². The highest BCUT2D eigenvalue weighted by molar-refractivity contribution is 7.98. The van der Waals surface area contributed by atoms with Crippen molar-refractivity contribution >= 4 is 17.7 Å². The number of ether oxygens (including phenoxy) is 1. The molecular weight excluding hydrogens is 500 g/mol. The Hall–Kier alpha value is -3.37. The zero-order valence-corrected chi connectivity index (χ0v) is 20.6. The Morgan fingerprint density at radius 2 is 1.86 bits per heavy atom. The number of hydrogen-bond acceptors (Lipinski definition) is 6. The van der Waals surface area contributed by atoms with Gasteiger partial charge in [0, 0.05) is 35.0 Å². The number of hydrogen-bond donors (Lipinski definition) is 1. The molecule has 1 N–H and O–H groups in total. The van der Waals surface area contributed by atoms with Gasteiger partial charge >= 0.3 is 0 Å². The van der Waals surface area contributed by atoms with Gasteiger partial charge in [0.15, 0.2) is 23.1 Å². The zero-order valence-electron chi connectivity index (χ0n) is 19.7. The molecule has 0 saturated carbocycles. The first-order chi connectivity index (χ1) is 18.0. The summed E-state index contributed by atoms with van der Waals surface area (Å²) in [5.74, 6) is -2.63. The van der Waals surface area contributed by atoms with Crippen molar-refractivity contribution in [1.82, 2.24) is 9.58 Å². The lowest BCUT2D eigenvalue weighted by molar-refractivity contribution is -0.0197. The molecule has 0 radical (unpaired) electrons. The summed E-state index contributed by atoms with van der Waals surface area (Å²) in [6.45, 7) is 0.765. The van der Waals surface area contributed by atoms with Crippen LogP contribution in [0.25, 0.3) is 0 Å². The Bertz CT molecular complexity index is 1540. The van der Waals surface area contributed by atoms with Crippen LogP contribution in [0.15, 0.2) is 46.2 Å². The standard InChI is InChI=1S/C27H23F2N3O4S/c28-19-7-6-16-18(22(19)29)13-37-26-15-3-1-2-14(15)4-5-17(26)23(16)32-21-12-36-11-10-30(21)27(35)24-25(34)20(33)8-9-31(24)32/h4-9,21,23,34H,1-3,10-13H2/t21-,23+/m1/s1. The van der Waals surface area contributed by atoms with Gasteiger partial charge in [0.25, 0.3) is 5.91 Å². The molecule has 0 bridgehead atoms. The van der Waals surface area contributed by atoms with E-state index < -0.39 is 40.9 Å². The first-order valence-corrected chi connectivity index (χ1v) is 13.3. The Kier molecular flexibility index (Phi) is 5.13. The number of morpholine rings is 1. The zero-order chi connectivity index (χ0) is 25.4. The molecule has 2 atom stereocenters. The van der Waals surface area contributed by atoms with Crippen molar-refractivity contribution in [2.75, 3.05) is 24.8 Å². The summed E-state index contributed by atoms with van der Waals surface area (Å²) in [7, 11) is 0. The molecule has 4 heterocycles. The highest BCUT2D eigenvalue weighted by Gasteiger charge is 2.46. The van der Waals surface area contributed by atoms with E-state index in [1.54, 1.807) is 11.0 Å². The smallest absolute Gasteiger partial charge is 0.278 e. The van der Waals surface area contributed by atoms with Gasteiger partial charge in [0.2, 0.25) is 5.43 Å². The number of aryl methyl sites for hydroxylation is 1. The van der Waals surface area contributed by atoms with Crippen LogP contribution < -0.4 is 10.4 Å². The number of aromatic hydroxyl groups is 1. The molecule has 7 rings (SSSR count). The summed E-state index contributed by atoms with van der Waals surface area (Å²) >= 11 is 1.51. The molecule has 1 fully saturated rings. The van der Waals surface area contributed by atoms with Crippen LogP contribution in [0.5, 0.6) is 5.75 Å². The fourth-order valence-electron chi connectivity index (χ4n) is 6.18. The first kappa shape index (κ1) is 22.8. The van der Waals surface area contributed by atoms with Gasteiger partial charge < -0.3 is 14.7 Å². The van der Waals surface area contributed by atoms with Crippen LogP contribution in [0.1, 0.15) is 50.8 Å². The van der Waals surface area contributed by atoms with Crippen LogP contribution in [0.4, 0.5) is 8.78 Å². The molecule has 7 nitrogen and oxygen atoms in total. The second-order valence-electron chi connectivity index (χ2n) is 9.75. The predicted octanol–water partition coefficient (Wildman–Crippen LogP) is 3.47. The minimum atomic E-state index is -0.910. The average Bonchev–Trinajstić information content (AvgIpc) is 3.32. The van der Waals surface area contributed by atoms with Crippen LogP contribution in [0.3, 0.4) is 0 Å². The summed E-state index contributed by atoms with van der Waals surface area (Å²) in [5.41, 5.74) is 3.45. The Labute approximate surface area is 215 Å². The van der Waals surface area contributed by atoms with Crippen molar-refractivity contribution in [2.24, 2.45) is 0 Å². The Balaban J connectivity index is 1.55. The molecule has 1 aliphatic carbocycles. The molecular formula is C27H23F2N3O4S. The van der Waals surface area contributed by atoms with Gasteiger partial charge in [0.1, 0.15) is 6.17 Å². The topological polar surface area (TPSA) is 75.0 Å². The molecule has 1 amide bonds. The lowest BCUT2D eigenvalue weighted by Gasteiger charge is -2.51. The number of halogens is 2. The maximum atomic E-state index is 15.3. The van der Waals surface area contributed by atoms with Gasteiger partial charge in [-0.15, -0.1) is 11.8 Å². The van der Waals surface area contributed by atoms with E-state index in [2.05, 4.69) is 6.07 Å². The number of carbonyl (C=O) groups excluding carboxylic acids is 1. The largest absolute Gasteiger partial charge is 0.502 e. The van der Waals surface area contributed by atoms with E-state index in [9.17, 15) is 19.1 Å². The number of nitrogens with zero attached hydrogens (tertiary/aromatic N) is 3. The summed E-state index contributed by atoms with van der Waals surface area (Å²) in [4.78, 5) is 28.5. The van der Waals surface area contributed by atoms with Crippen molar-refractivity contribution in [2.45, 2.75) is 42.1 Å². The normalized spacial score (nSPS) is 22.1. The molecule has 10 heteroatoms. The minimum Gasteiger partial charge on any atom is -0.502 e. The molecule has 0 unspecified atom stereocenters. The van der Waals surface area contributed by atoms with Crippen molar-refractivity contribution < 1.29 is 23.4 Å². The second-order valence-corrected chi connectivity index (χ2v) is 10.7. The minimum absolute atomic E-state index is 0.144. The van der Waals surface area contributed by atoms with Crippen LogP contribution in [-0.2, 0) is 23.3 Å². The molecule has 37 heavy (non-hydrogen) atoms. The maximum Gasteiger partial charge on any atom is 0.278 e. The van der Waals surface area contributed by atoms with E-state index in [4.69, 9.17) is 4.74 Å². The van der Waals surface area contributed by atoms with E-state index >= 15 is 4.39 Å². The number of benzene rings is 2.